The summed E-state index contributed by atoms with van der Waals surface area (Å²) in [5.74, 6) is 0. The third-order valence-electron chi connectivity index (χ3n) is 2.35. The molecule has 0 unspecified atom stereocenters. The minimum absolute atomic E-state index is 0.108. The fourth-order valence-corrected chi connectivity index (χ4v) is 3.33. The summed E-state index contributed by atoms with van der Waals surface area (Å²) in [6.07, 6.45) is 1.62. The average molecular weight is 284 g/mol. The van der Waals surface area contributed by atoms with Gasteiger partial charge < -0.3 is 5.11 Å². The second-order valence-corrected chi connectivity index (χ2v) is 6.26. The number of aliphatic hydroxyl groups is 1. The quantitative estimate of drug-likeness (QED) is 0.862. The van der Waals surface area contributed by atoms with Crippen LogP contribution in [-0.2, 0) is 23.2 Å². The molecule has 0 spiro atoms. The predicted octanol–water partition coefficient (Wildman–Crippen LogP) is 1.11. The first-order valence-corrected chi connectivity index (χ1v) is 7.55. The van der Waals surface area contributed by atoms with Crippen molar-refractivity contribution in [2.45, 2.75) is 18.0 Å². The van der Waals surface area contributed by atoms with Gasteiger partial charge in [0.05, 0.1) is 17.0 Å². The zero-order chi connectivity index (χ0) is 13.0. The zero-order valence-corrected chi connectivity index (χ0v) is 11.0. The van der Waals surface area contributed by atoms with Crippen LogP contribution in [0.3, 0.4) is 0 Å². The number of benzene rings is 1. The second kappa shape index (κ2) is 5.57. The van der Waals surface area contributed by atoms with Crippen molar-refractivity contribution < 1.29 is 13.5 Å². The maximum atomic E-state index is 12.1. The lowest BCUT2D eigenvalue weighted by Gasteiger charge is -2.09. The summed E-state index contributed by atoms with van der Waals surface area (Å²) in [4.78, 5) is 4.81. The van der Waals surface area contributed by atoms with Gasteiger partial charge in [-0.2, -0.15) is 0 Å². The Morgan fingerprint density at radius 2 is 2.11 bits per heavy atom. The largest absolute Gasteiger partial charge is 0.392 e. The highest BCUT2D eigenvalue weighted by atomic mass is 32.2. The SMILES string of the molecule is O=S(=O)(NCc1cncs1)c1ccccc1CO. The Hall–Kier alpha value is -1.28. The fraction of sp³-hybridized carbons (Fsp3) is 0.182. The fourth-order valence-electron chi connectivity index (χ4n) is 1.47. The summed E-state index contributed by atoms with van der Waals surface area (Å²) in [5, 5.41) is 9.13. The number of nitrogens with one attached hydrogen (secondary N) is 1. The standard InChI is InChI=1S/C11H12N2O3S2/c14-7-9-3-1-2-4-11(9)18(15,16)13-6-10-5-12-8-17-10/h1-5,8,13-14H,6-7H2. The Bertz CT molecular complexity index is 609. The van der Waals surface area contributed by atoms with Crippen molar-refractivity contribution in [2.75, 3.05) is 0 Å². The van der Waals surface area contributed by atoms with Crippen molar-refractivity contribution in [2.24, 2.45) is 0 Å². The second-order valence-electron chi connectivity index (χ2n) is 3.56. The Labute approximate surface area is 109 Å². The van der Waals surface area contributed by atoms with E-state index in [1.807, 2.05) is 0 Å². The number of nitrogens with zero attached hydrogens (tertiary/aromatic N) is 1. The Balaban J connectivity index is 2.20. The molecule has 0 saturated heterocycles. The number of thiazole rings is 1. The minimum Gasteiger partial charge on any atom is -0.392 e. The third kappa shape index (κ3) is 2.94. The van der Waals surface area contributed by atoms with Gasteiger partial charge in [0.15, 0.2) is 0 Å². The zero-order valence-electron chi connectivity index (χ0n) is 9.41. The van der Waals surface area contributed by atoms with Crippen LogP contribution < -0.4 is 4.72 Å². The van der Waals surface area contributed by atoms with Gasteiger partial charge >= 0.3 is 0 Å². The monoisotopic (exact) mass is 284 g/mol. The molecule has 2 rings (SSSR count). The van der Waals surface area contributed by atoms with E-state index in [1.165, 1.54) is 17.4 Å². The number of aromatic nitrogens is 1. The predicted molar refractivity (Wildman–Crippen MR) is 68.5 cm³/mol. The van der Waals surface area contributed by atoms with Gasteiger partial charge in [0, 0.05) is 17.6 Å². The van der Waals surface area contributed by atoms with Gasteiger partial charge in [-0.1, -0.05) is 18.2 Å². The smallest absolute Gasteiger partial charge is 0.241 e. The molecule has 0 atom stereocenters. The van der Waals surface area contributed by atoms with Crippen LogP contribution >= 0.6 is 11.3 Å². The van der Waals surface area contributed by atoms with Gasteiger partial charge in [0.2, 0.25) is 10.0 Å². The summed E-state index contributed by atoms with van der Waals surface area (Å²) in [7, 11) is -3.61. The van der Waals surface area contributed by atoms with Crippen LogP contribution in [0.4, 0.5) is 0 Å². The Kier molecular flexibility index (Phi) is 4.07. The molecule has 7 heteroatoms. The molecular formula is C11H12N2O3S2. The van der Waals surface area contributed by atoms with Crippen LogP contribution in [0.25, 0.3) is 0 Å². The molecule has 96 valence electrons. The highest BCUT2D eigenvalue weighted by Gasteiger charge is 2.17. The molecule has 1 aromatic heterocycles. The topological polar surface area (TPSA) is 79.3 Å². The molecule has 1 heterocycles. The van der Waals surface area contributed by atoms with Crippen molar-refractivity contribution in [1.29, 1.82) is 0 Å². The third-order valence-corrected chi connectivity index (χ3v) is 4.63. The van der Waals surface area contributed by atoms with Gasteiger partial charge in [0.25, 0.3) is 0 Å². The lowest BCUT2D eigenvalue weighted by molar-refractivity contribution is 0.278. The number of hydrogen-bond donors (Lipinski definition) is 2. The average Bonchev–Trinajstić information content (AvgIpc) is 2.89. The van der Waals surface area contributed by atoms with E-state index < -0.39 is 10.0 Å². The highest BCUT2D eigenvalue weighted by Crippen LogP contribution is 2.16. The van der Waals surface area contributed by atoms with E-state index in [0.29, 0.717) is 5.56 Å². The summed E-state index contributed by atoms with van der Waals surface area (Å²) in [6.45, 7) is -0.107. The van der Waals surface area contributed by atoms with E-state index >= 15 is 0 Å². The van der Waals surface area contributed by atoms with Crippen molar-refractivity contribution in [3.63, 3.8) is 0 Å². The highest BCUT2D eigenvalue weighted by molar-refractivity contribution is 7.89. The first kappa shape index (κ1) is 13.2. The van der Waals surface area contributed by atoms with Gasteiger partial charge in [-0.05, 0) is 11.6 Å². The van der Waals surface area contributed by atoms with E-state index in [0.717, 1.165) is 4.88 Å². The molecule has 0 saturated carbocycles. The molecule has 18 heavy (non-hydrogen) atoms. The van der Waals surface area contributed by atoms with Crippen molar-refractivity contribution in [3.05, 3.63) is 46.4 Å². The number of sulfonamides is 1. The molecule has 0 radical (unpaired) electrons. The molecule has 0 aliphatic carbocycles. The Morgan fingerprint density at radius 1 is 1.33 bits per heavy atom. The molecule has 0 aliphatic heterocycles. The number of rotatable bonds is 5. The van der Waals surface area contributed by atoms with Crippen LogP contribution in [0.1, 0.15) is 10.4 Å². The van der Waals surface area contributed by atoms with Crippen LogP contribution in [0.2, 0.25) is 0 Å². The summed E-state index contributed by atoms with van der Waals surface area (Å²) < 4.78 is 26.6. The molecule has 2 aromatic rings. The van der Waals surface area contributed by atoms with E-state index in [2.05, 4.69) is 9.71 Å². The molecule has 1 aromatic carbocycles. The van der Waals surface area contributed by atoms with Gasteiger partial charge in [-0.25, -0.2) is 13.1 Å². The Morgan fingerprint density at radius 3 is 2.78 bits per heavy atom. The normalized spacial score (nSPS) is 11.6. The van der Waals surface area contributed by atoms with E-state index in [4.69, 9.17) is 5.11 Å². The van der Waals surface area contributed by atoms with E-state index in [9.17, 15) is 8.42 Å². The molecule has 0 aliphatic rings. The van der Waals surface area contributed by atoms with Crippen LogP contribution in [0, 0.1) is 0 Å². The maximum Gasteiger partial charge on any atom is 0.241 e. The molecule has 0 bridgehead atoms. The summed E-state index contributed by atoms with van der Waals surface area (Å²) in [6, 6.07) is 6.37. The number of hydrogen-bond acceptors (Lipinski definition) is 5. The first-order chi connectivity index (χ1) is 8.63. The molecule has 0 fully saturated rings. The minimum atomic E-state index is -3.61. The molecule has 2 N–H and O–H groups in total. The van der Waals surface area contributed by atoms with Gasteiger partial charge in [-0.15, -0.1) is 11.3 Å². The van der Waals surface area contributed by atoms with Gasteiger partial charge in [0.1, 0.15) is 0 Å². The van der Waals surface area contributed by atoms with Crippen LogP contribution in [0.15, 0.2) is 40.9 Å². The lowest BCUT2D eigenvalue weighted by atomic mass is 10.2. The van der Waals surface area contributed by atoms with Gasteiger partial charge in [-0.3, -0.25) is 4.98 Å². The van der Waals surface area contributed by atoms with Crippen molar-refractivity contribution in [3.8, 4) is 0 Å². The summed E-state index contributed by atoms with van der Waals surface area (Å²) >= 11 is 1.38. The summed E-state index contributed by atoms with van der Waals surface area (Å²) in [5.41, 5.74) is 2.03. The van der Waals surface area contributed by atoms with E-state index in [1.54, 1.807) is 29.9 Å². The maximum absolute atomic E-state index is 12.1. The first-order valence-electron chi connectivity index (χ1n) is 5.19. The lowest BCUT2D eigenvalue weighted by Crippen LogP contribution is -2.24. The molecular weight excluding hydrogens is 272 g/mol. The van der Waals surface area contributed by atoms with Crippen molar-refractivity contribution >= 4 is 21.4 Å². The van der Waals surface area contributed by atoms with Crippen LogP contribution in [-0.4, -0.2) is 18.5 Å². The molecule has 0 amide bonds. The molecule has 5 nitrogen and oxygen atoms in total. The van der Waals surface area contributed by atoms with Crippen molar-refractivity contribution in [1.82, 2.24) is 9.71 Å². The van der Waals surface area contributed by atoms with Crippen LogP contribution in [0.5, 0.6) is 0 Å². The van der Waals surface area contributed by atoms with E-state index in [-0.39, 0.29) is 18.0 Å². The number of aliphatic hydroxyl groups excluding tert-OH is 1.